The van der Waals surface area contributed by atoms with E-state index in [0.717, 1.165) is 60.9 Å². The quantitative estimate of drug-likeness (QED) is 0.869. The molecule has 6 heteroatoms. The third-order valence-electron chi connectivity index (χ3n) is 4.58. The van der Waals surface area contributed by atoms with Crippen molar-refractivity contribution in [3.05, 3.63) is 33.7 Å². The van der Waals surface area contributed by atoms with Gasteiger partial charge in [-0.1, -0.05) is 6.92 Å². The van der Waals surface area contributed by atoms with Crippen LogP contribution in [0.25, 0.3) is 0 Å². The zero-order valence-electron chi connectivity index (χ0n) is 14.9. The van der Waals surface area contributed by atoms with E-state index in [0.29, 0.717) is 0 Å². The van der Waals surface area contributed by atoms with Crippen LogP contribution in [-0.2, 0) is 13.0 Å². The Morgan fingerprint density at radius 2 is 1.96 bits per heavy atom. The van der Waals surface area contributed by atoms with Crippen molar-refractivity contribution in [1.29, 1.82) is 0 Å². The maximum absolute atomic E-state index is 4.57. The summed E-state index contributed by atoms with van der Waals surface area (Å²) in [6.07, 6.45) is 3.42. The number of nitrogens with one attached hydrogen (secondary N) is 1. The molecule has 0 atom stereocenters. The molecule has 1 aliphatic rings. The molecule has 0 saturated carbocycles. The van der Waals surface area contributed by atoms with Crippen molar-refractivity contribution >= 4 is 17.2 Å². The lowest BCUT2D eigenvalue weighted by Gasteiger charge is -2.31. The Kier molecular flexibility index (Phi) is 5.79. The van der Waals surface area contributed by atoms with Crippen LogP contribution in [0.2, 0.25) is 0 Å². The lowest BCUT2D eigenvalue weighted by atomic mass is 9.96. The van der Waals surface area contributed by atoms with Crippen molar-refractivity contribution in [2.45, 2.75) is 46.6 Å². The van der Waals surface area contributed by atoms with Crippen LogP contribution >= 0.6 is 11.3 Å². The number of anilines is 1. The molecule has 1 saturated heterocycles. The van der Waals surface area contributed by atoms with Crippen LogP contribution in [-0.4, -0.2) is 39.5 Å². The second-order valence-electron chi connectivity index (χ2n) is 6.60. The zero-order chi connectivity index (χ0) is 16.9. The fourth-order valence-electron chi connectivity index (χ4n) is 3.21. The maximum Gasteiger partial charge on any atom is 0.129 e. The maximum atomic E-state index is 4.57. The van der Waals surface area contributed by atoms with Gasteiger partial charge < -0.3 is 5.32 Å². The first kappa shape index (κ1) is 17.3. The predicted octanol–water partition coefficient (Wildman–Crippen LogP) is 3.44. The summed E-state index contributed by atoms with van der Waals surface area (Å²) in [6.45, 7) is 10.5. The third-order valence-corrected chi connectivity index (χ3v) is 5.41. The molecule has 2 aromatic rings. The molecule has 0 spiro atoms. The SMILES string of the molecule is CCc1cc(NCC2CCN(Cc3csc(C)n3)CC2)nc(C)n1. The van der Waals surface area contributed by atoms with Gasteiger partial charge in [0, 0.05) is 30.2 Å². The van der Waals surface area contributed by atoms with Crippen LogP contribution < -0.4 is 5.32 Å². The first-order valence-electron chi connectivity index (χ1n) is 8.84. The zero-order valence-corrected chi connectivity index (χ0v) is 15.7. The van der Waals surface area contributed by atoms with Gasteiger partial charge in [-0.05, 0) is 52.1 Å². The van der Waals surface area contributed by atoms with E-state index in [1.807, 2.05) is 6.92 Å². The van der Waals surface area contributed by atoms with Gasteiger partial charge in [0.1, 0.15) is 11.6 Å². The van der Waals surface area contributed by atoms with Gasteiger partial charge >= 0.3 is 0 Å². The number of rotatable bonds is 6. The van der Waals surface area contributed by atoms with Gasteiger partial charge in [0.15, 0.2) is 0 Å². The van der Waals surface area contributed by atoms with E-state index in [2.05, 4.69) is 50.5 Å². The molecule has 0 bridgehead atoms. The van der Waals surface area contributed by atoms with Crippen LogP contribution in [0.4, 0.5) is 5.82 Å². The summed E-state index contributed by atoms with van der Waals surface area (Å²) < 4.78 is 0. The molecule has 130 valence electrons. The summed E-state index contributed by atoms with van der Waals surface area (Å²) in [7, 11) is 0. The number of aromatic nitrogens is 3. The number of nitrogens with zero attached hydrogens (tertiary/aromatic N) is 4. The van der Waals surface area contributed by atoms with Crippen molar-refractivity contribution in [2.75, 3.05) is 25.0 Å². The van der Waals surface area contributed by atoms with E-state index in [9.17, 15) is 0 Å². The molecule has 3 heterocycles. The largest absolute Gasteiger partial charge is 0.370 e. The van der Waals surface area contributed by atoms with Crippen molar-refractivity contribution in [2.24, 2.45) is 5.92 Å². The van der Waals surface area contributed by atoms with Gasteiger partial charge in [-0.25, -0.2) is 15.0 Å². The number of aryl methyl sites for hydroxylation is 3. The summed E-state index contributed by atoms with van der Waals surface area (Å²) in [5, 5.41) is 6.87. The molecule has 0 amide bonds. The Bertz CT molecular complexity index is 661. The smallest absolute Gasteiger partial charge is 0.129 e. The van der Waals surface area contributed by atoms with Crippen molar-refractivity contribution in [3.63, 3.8) is 0 Å². The minimum Gasteiger partial charge on any atom is -0.370 e. The van der Waals surface area contributed by atoms with E-state index >= 15 is 0 Å². The summed E-state index contributed by atoms with van der Waals surface area (Å²) in [5.41, 5.74) is 2.33. The van der Waals surface area contributed by atoms with E-state index < -0.39 is 0 Å². The average molecular weight is 346 g/mol. The second kappa shape index (κ2) is 8.03. The molecule has 0 aliphatic carbocycles. The second-order valence-corrected chi connectivity index (χ2v) is 7.67. The average Bonchev–Trinajstić information content (AvgIpc) is 2.98. The van der Waals surface area contributed by atoms with Gasteiger partial charge in [0.25, 0.3) is 0 Å². The topological polar surface area (TPSA) is 53.9 Å². The Hall–Kier alpha value is -1.53. The van der Waals surface area contributed by atoms with Crippen LogP contribution in [0.1, 0.15) is 42.0 Å². The molecule has 0 aromatic carbocycles. The van der Waals surface area contributed by atoms with E-state index in [4.69, 9.17) is 0 Å². The molecule has 1 N–H and O–H groups in total. The number of hydrogen-bond acceptors (Lipinski definition) is 6. The van der Waals surface area contributed by atoms with Gasteiger partial charge in [0.2, 0.25) is 0 Å². The monoisotopic (exact) mass is 345 g/mol. The van der Waals surface area contributed by atoms with E-state index in [1.54, 1.807) is 11.3 Å². The van der Waals surface area contributed by atoms with E-state index in [-0.39, 0.29) is 0 Å². The van der Waals surface area contributed by atoms with Gasteiger partial charge in [-0.3, -0.25) is 4.90 Å². The van der Waals surface area contributed by atoms with E-state index in [1.165, 1.54) is 18.5 Å². The van der Waals surface area contributed by atoms with Crippen LogP contribution in [0.3, 0.4) is 0 Å². The molecule has 5 nitrogen and oxygen atoms in total. The lowest BCUT2D eigenvalue weighted by Crippen LogP contribution is -2.35. The number of piperidine rings is 1. The van der Waals surface area contributed by atoms with Gasteiger partial charge in [-0.15, -0.1) is 11.3 Å². The third kappa shape index (κ3) is 4.74. The molecule has 3 rings (SSSR count). The Labute approximate surface area is 148 Å². The summed E-state index contributed by atoms with van der Waals surface area (Å²) in [5.74, 6) is 2.55. The summed E-state index contributed by atoms with van der Waals surface area (Å²) in [6, 6.07) is 2.08. The molecule has 0 unspecified atom stereocenters. The highest BCUT2D eigenvalue weighted by molar-refractivity contribution is 7.09. The molecule has 1 fully saturated rings. The Morgan fingerprint density at radius 3 is 2.62 bits per heavy atom. The lowest BCUT2D eigenvalue weighted by molar-refractivity contribution is 0.181. The highest BCUT2D eigenvalue weighted by Crippen LogP contribution is 2.20. The van der Waals surface area contributed by atoms with Crippen LogP contribution in [0.15, 0.2) is 11.4 Å². The molecule has 2 aromatic heterocycles. The fraction of sp³-hybridized carbons (Fsp3) is 0.611. The summed E-state index contributed by atoms with van der Waals surface area (Å²) >= 11 is 1.74. The fourth-order valence-corrected chi connectivity index (χ4v) is 3.81. The highest BCUT2D eigenvalue weighted by atomic mass is 32.1. The highest BCUT2D eigenvalue weighted by Gasteiger charge is 2.20. The molecular formula is C18H27N5S. The minimum absolute atomic E-state index is 0.721. The number of likely N-dealkylation sites (tertiary alicyclic amines) is 1. The standard InChI is InChI=1S/C18H27N5S/c1-4-16-9-18(21-13(2)20-16)19-10-15-5-7-23(8-6-15)11-17-12-24-14(3)22-17/h9,12,15H,4-8,10-11H2,1-3H3,(H,19,20,21). The van der Waals surface area contributed by atoms with Gasteiger partial charge in [-0.2, -0.15) is 0 Å². The first-order valence-corrected chi connectivity index (χ1v) is 9.72. The number of thiazole rings is 1. The first-order chi connectivity index (χ1) is 11.6. The molecule has 1 aliphatic heterocycles. The summed E-state index contributed by atoms with van der Waals surface area (Å²) in [4.78, 5) is 16.0. The van der Waals surface area contributed by atoms with Crippen molar-refractivity contribution in [3.8, 4) is 0 Å². The minimum atomic E-state index is 0.721. The van der Waals surface area contributed by atoms with Crippen LogP contribution in [0.5, 0.6) is 0 Å². The normalized spacial score (nSPS) is 16.5. The molecule has 24 heavy (non-hydrogen) atoms. The Balaban J connectivity index is 1.44. The van der Waals surface area contributed by atoms with Crippen molar-refractivity contribution in [1.82, 2.24) is 19.9 Å². The molecular weight excluding hydrogens is 318 g/mol. The van der Waals surface area contributed by atoms with Crippen molar-refractivity contribution < 1.29 is 0 Å². The van der Waals surface area contributed by atoms with Gasteiger partial charge in [0.05, 0.1) is 10.7 Å². The Morgan fingerprint density at radius 1 is 1.17 bits per heavy atom. The molecule has 0 radical (unpaired) electrons. The van der Waals surface area contributed by atoms with Crippen LogP contribution in [0, 0.1) is 19.8 Å². The predicted molar refractivity (Wildman–Crippen MR) is 99.5 cm³/mol. The number of hydrogen-bond donors (Lipinski definition) is 1.